The molecular weight excluding hydrogens is 295 g/mol. The predicted octanol–water partition coefficient (Wildman–Crippen LogP) is 3.35. The number of nitrogens with one attached hydrogen (secondary N) is 1. The number of nitrogens with zero attached hydrogens (tertiary/aromatic N) is 3. The molecule has 0 amide bonds. The van der Waals surface area contributed by atoms with E-state index in [0.717, 1.165) is 57.3 Å². The highest BCUT2D eigenvalue weighted by atomic mass is 35.5. The molecule has 20 heavy (non-hydrogen) atoms. The van der Waals surface area contributed by atoms with Gasteiger partial charge in [-0.3, -0.25) is 0 Å². The standard InChI is InChI=1S/C14H22Cl2N4/c1-3-5-17-13-11(15)10-12(16)14(18-13)20-8-6-19(4-2)7-9-20/h10H,3-9H2,1-2H3,(H,17,18). The highest BCUT2D eigenvalue weighted by Gasteiger charge is 2.20. The third-order valence-electron chi connectivity index (χ3n) is 3.57. The van der Waals surface area contributed by atoms with Gasteiger partial charge in [-0.1, -0.05) is 37.0 Å². The van der Waals surface area contributed by atoms with Crippen molar-refractivity contribution in [3.8, 4) is 0 Å². The Morgan fingerprint density at radius 3 is 2.45 bits per heavy atom. The van der Waals surface area contributed by atoms with Crippen molar-refractivity contribution >= 4 is 34.8 Å². The largest absolute Gasteiger partial charge is 0.369 e. The smallest absolute Gasteiger partial charge is 0.150 e. The van der Waals surface area contributed by atoms with Crippen LogP contribution < -0.4 is 10.2 Å². The number of pyridine rings is 1. The van der Waals surface area contributed by atoms with E-state index in [1.165, 1.54) is 0 Å². The van der Waals surface area contributed by atoms with E-state index in [1.54, 1.807) is 6.07 Å². The Balaban J connectivity index is 2.14. The van der Waals surface area contributed by atoms with Gasteiger partial charge < -0.3 is 15.1 Å². The van der Waals surface area contributed by atoms with Crippen molar-refractivity contribution in [2.24, 2.45) is 0 Å². The van der Waals surface area contributed by atoms with Gasteiger partial charge in [-0.25, -0.2) is 4.98 Å². The molecule has 0 atom stereocenters. The highest BCUT2D eigenvalue weighted by molar-refractivity contribution is 6.37. The molecule has 1 aliphatic rings. The Bertz CT molecular complexity index is 445. The van der Waals surface area contributed by atoms with Crippen LogP contribution in [0.1, 0.15) is 20.3 Å². The van der Waals surface area contributed by atoms with Crippen LogP contribution >= 0.6 is 23.2 Å². The lowest BCUT2D eigenvalue weighted by Gasteiger charge is -2.35. The first-order valence-electron chi connectivity index (χ1n) is 7.23. The molecule has 0 aromatic carbocycles. The number of hydrogen-bond donors (Lipinski definition) is 1. The minimum Gasteiger partial charge on any atom is -0.369 e. The topological polar surface area (TPSA) is 31.4 Å². The van der Waals surface area contributed by atoms with Gasteiger partial charge in [0, 0.05) is 32.7 Å². The maximum Gasteiger partial charge on any atom is 0.150 e. The molecule has 0 bridgehead atoms. The van der Waals surface area contributed by atoms with Crippen molar-refractivity contribution in [3.05, 3.63) is 16.1 Å². The van der Waals surface area contributed by atoms with Crippen molar-refractivity contribution in [2.75, 3.05) is 49.5 Å². The Labute approximate surface area is 131 Å². The van der Waals surface area contributed by atoms with Crippen LogP contribution in [0.2, 0.25) is 10.0 Å². The number of piperazine rings is 1. The lowest BCUT2D eigenvalue weighted by molar-refractivity contribution is 0.270. The third kappa shape index (κ3) is 3.68. The second-order valence-corrected chi connectivity index (χ2v) is 5.79. The number of halogens is 2. The molecule has 0 spiro atoms. The lowest BCUT2D eigenvalue weighted by atomic mass is 10.3. The third-order valence-corrected chi connectivity index (χ3v) is 4.14. The van der Waals surface area contributed by atoms with Gasteiger partial charge >= 0.3 is 0 Å². The van der Waals surface area contributed by atoms with E-state index < -0.39 is 0 Å². The fourth-order valence-electron chi connectivity index (χ4n) is 2.32. The average Bonchev–Trinajstić information content (AvgIpc) is 2.47. The maximum absolute atomic E-state index is 6.31. The number of rotatable bonds is 5. The SMILES string of the molecule is CCCNc1nc(N2CCN(CC)CC2)c(Cl)cc1Cl. The maximum atomic E-state index is 6.31. The number of likely N-dealkylation sites (N-methyl/N-ethyl adjacent to an activating group) is 1. The van der Waals surface area contributed by atoms with E-state index in [-0.39, 0.29) is 0 Å². The number of anilines is 2. The zero-order valence-corrected chi connectivity index (χ0v) is 13.6. The fraction of sp³-hybridized carbons (Fsp3) is 0.643. The molecule has 0 radical (unpaired) electrons. The summed E-state index contributed by atoms with van der Waals surface area (Å²) in [4.78, 5) is 9.28. The molecule has 2 heterocycles. The minimum atomic E-state index is 0.583. The summed E-state index contributed by atoms with van der Waals surface area (Å²) in [7, 11) is 0. The van der Waals surface area contributed by atoms with Crippen LogP contribution in [0.15, 0.2) is 6.07 Å². The van der Waals surface area contributed by atoms with Crippen LogP contribution in [0.5, 0.6) is 0 Å². The van der Waals surface area contributed by atoms with Crippen LogP contribution in [0.4, 0.5) is 11.6 Å². The van der Waals surface area contributed by atoms with Gasteiger partial charge in [-0.15, -0.1) is 0 Å². The summed E-state index contributed by atoms with van der Waals surface area (Å²) in [6.45, 7) is 10.3. The van der Waals surface area contributed by atoms with Crippen molar-refractivity contribution in [2.45, 2.75) is 20.3 Å². The van der Waals surface area contributed by atoms with E-state index in [2.05, 4.69) is 33.9 Å². The molecule has 1 N–H and O–H groups in total. The molecule has 0 aliphatic carbocycles. The molecule has 112 valence electrons. The van der Waals surface area contributed by atoms with Crippen LogP contribution in [-0.4, -0.2) is 49.2 Å². The van der Waals surface area contributed by atoms with E-state index >= 15 is 0 Å². The lowest BCUT2D eigenvalue weighted by Crippen LogP contribution is -2.46. The van der Waals surface area contributed by atoms with Gasteiger partial charge in [-0.05, 0) is 19.0 Å². The van der Waals surface area contributed by atoms with Crippen LogP contribution in [-0.2, 0) is 0 Å². The van der Waals surface area contributed by atoms with Gasteiger partial charge in [0.1, 0.15) is 11.6 Å². The molecule has 1 aromatic rings. The molecule has 2 rings (SSSR count). The minimum absolute atomic E-state index is 0.583. The number of hydrogen-bond acceptors (Lipinski definition) is 4. The summed E-state index contributed by atoms with van der Waals surface area (Å²) in [5.41, 5.74) is 0. The summed E-state index contributed by atoms with van der Waals surface area (Å²) >= 11 is 12.5. The average molecular weight is 317 g/mol. The summed E-state index contributed by atoms with van der Waals surface area (Å²) < 4.78 is 0. The van der Waals surface area contributed by atoms with E-state index in [1.807, 2.05) is 0 Å². The molecule has 6 heteroatoms. The van der Waals surface area contributed by atoms with Crippen molar-refractivity contribution in [1.29, 1.82) is 0 Å². The highest BCUT2D eigenvalue weighted by Crippen LogP contribution is 2.31. The molecule has 0 unspecified atom stereocenters. The summed E-state index contributed by atoms with van der Waals surface area (Å²) in [6.07, 6.45) is 1.03. The predicted molar refractivity (Wildman–Crippen MR) is 87.4 cm³/mol. The Morgan fingerprint density at radius 1 is 1.15 bits per heavy atom. The van der Waals surface area contributed by atoms with Crippen molar-refractivity contribution in [1.82, 2.24) is 9.88 Å². The monoisotopic (exact) mass is 316 g/mol. The molecule has 1 aromatic heterocycles. The van der Waals surface area contributed by atoms with Gasteiger partial charge in [0.05, 0.1) is 10.0 Å². The second-order valence-electron chi connectivity index (χ2n) is 4.97. The van der Waals surface area contributed by atoms with Crippen molar-refractivity contribution in [3.63, 3.8) is 0 Å². The second kappa shape index (κ2) is 7.34. The first-order valence-corrected chi connectivity index (χ1v) is 7.98. The van der Waals surface area contributed by atoms with E-state index in [4.69, 9.17) is 23.2 Å². The van der Waals surface area contributed by atoms with Gasteiger partial charge in [0.15, 0.2) is 0 Å². The fourth-order valence-corrected chi connectivity index (χ4v) is 2.87. The van der Waals surface area contributed by atoms with Crippen LogP contribution in [0.25, 0.3) is 0 Å². The zero-order chi connectivity index (χ0) is 14.5. The molecule has 1 saturated heterocycles. The molecule has 4 nitrogen and oxygen atoms in total. The van der Waals surface area contributed by atoms with Gasteiger partial charge in [-0.2, -0.15) is 0 Å². The molecule has 1 aliphatic heterocycles. The normalized spacial score (nSPS) is 16.5. The molecule has 1 fully saturated rings. The Morgan fingerprint density at radius 2 is 1.85 bits per heavy atom. The van der Waals surface area contributed by atoms with E-state index in [9.17, 15) is 0 Å². The van der Waals surface area contributed by atoms with E-state index in [0.29, 0.717) is 10.0 Å². The van der Waals surface area contributed by atoms with Gasteiger partial charge in [0.2, 0.25) is 0 Å². The first-order chi connectivity index (χ1) is 9.65. The van der Waals surface area contributed by atoms with Gasteiger partial charge in [0.25, 0.3) is 0 Å². The Kier molecular flexibility index (Phi) is 5.75. The number of aromatic nitrogens is 1. The zero-order valence-electron chi connectivity index (χ0n) is 12.1. The summed E-state index contributed by atoms with van der Waals surface area (Å²) in [5.74, 6) is 1.57. The first kappa shape index (κ1) is 15.7. The molecular formula is C14H22Cl2N4. The quantitative estimate of drug-likeness (QED) is 0.902. The Hall–Kier alpha value is -0.710. The van der Waals surface area contributed by atoms with Crippen molar-refractivity contribution < 1.29 is 0 Å². The molecule has 0 saturated carbocycles. The summed E-state index contributed by atoms with van der Waals surface area (Å²) in [5, 5.41) is 4.46. The van der Waals surface area contributed by atoms with Crippen LogP contribution in [0, 0.1) is 0 Å². The van der Waals surface area contributed by atoms with Crippen LogP contribution in [0.3, 0.4) is 0 Å². The summed E-state index contributed by atoms with van der Waals surface area (Å²) in [6, 6.07) is 1.79.